The summed E-state index contributed by atoms with van der Waals surface area (Å²) in [6.07, 6.45) is 4.03. The highest BCUT2D eigenvalue weighted by Gasteiger charge is 2.02. The Morgan fingerprint density at radius 1 is 1.57 bits per heavy atom. The fraction of sp³-hybridized carbons (Fsp3) is 0.556. The fourth-order valence-electron chi connectivity index (χ4n) is 1.14. The zero-order valence-corrected chi connectivity index (χ0v) is 8.70. The molecular formula is C9H17N5. The smallest absolute Gasteiger partial charge is 0.239 e. The molecule has 1 rings (SSSR count). The molecule has 78 valence electrons. The van der Waals surface area contributed by atoms with Gasteiger partial charge in [0.25, 0.3) is 0 Å². The molecule has 0 radical (unpaired) electrons. The molecule has 0 saturated carbocycles. The molecule has 1 heterocycles. The molecule has 0 spiro atoms. The molecule has 1 aromatic rings. The summed E-state index contributed by atoms with van der Waals surface area (Å²) in [6.45, 7) is 3.16. The normalized spacial score (nSPS) is 9.93. The minimum atomic E-state index is 0.450. The number of nitrogens with one attached hydrogen (secondary N) is 1. The third-order valence-corrected chi connectivity index (χ3v) is 2.01. The molecule has 14 heavy (non-hydrogen) atoms. The molecule has 0 unspecified atom stereocenters. The minimum absolute atomic E-state index is 0.450. The molecule has 0 saturated heterocycles. The lowest BCUT2D eigenvalue weighted by molar-refractivity contribution is 0.758. The molecule has 0 aliphatic heterocycles. The lowest BCUT2D eigenvalue weighted by Gasteiger charge is -2.17. The molecule has 0 bridgehead atoms. The van der Waals surface area contributed by atoms with Crippen molar-refractivity contribution < 1.29 is 0 Å². The van der Waals surface area contributed by atoms with Gasteiger partial charge < -0.3 is 4.90 Å². The van der Waals surface area contributed by atoms with Crippen molar-refractivity contribution in [1.29, 1.82) is 0 Å². The number of anilines is 2. The van der Waals surface area contributed by atoms with Crippen LogP contribution in [0, 0.1) is 0 Å². The van der Waals surface area contributed by atoms with Crippen molar-refractivity contribution in [2.45, 2.75) is 19.8 Å². The molecule has 0 fully saturated rings. The minimum Gasteiger partial charge on any atom is -0.360 e. The Bertz CT molecular complexity index is 276. The molecule has 1 aromatic heterocycles. The van der Waals surface area contributed by atoms with Gasteiger partial charge in [-0.15, -0.1) is 0 Å². The van der Waals surface area contributed by atoms with E-state index in [4.69, 9.17) is 5.84 Å². The third-order valence-electron chi connectivity index (χ3n) is 2.01. The van der Waals surface area contributed by atoms with Crippen LogP contribution in [0.4, 0.5) is 11.8 Å². The highest BCUT2D eigenvalue weighted by molar-refractivity contribution is 5.40. The molecule has 0 amide bonds. The van der Waals surface area contributed by atoms with Crippen LogP contribution in [0.15, 0.2) is 12.3 Å². The topological polar surface area (TPSA) is 67.1 Å². The summed E-state index contributed by atoms with van der Waals surface area (Å²) in [5, 5.41) is 0. The van der Waals surface area contributed by atoms with Crippen molar-refractivity contribution in [1.82, 2.24) is 9.97 Å². The van der Waals surface area contributed by atoms with Crippen LogP contribution < -0.4 is 16.2 Å². The van der Waals surface area contributed by atoms with E-state index in [1.54, 1.807) is 6.20 Å². The first kappa shape index (κ1) is 10.7. The van der Waals surface area contributed by atoms with Crippen LogP contribution in [0.3, 0.4) is 0 Å². The number of aromatic nitrogens is 2. The van der Waals surface area contributed by atoms with E-state index in [2.05, 4.69) is 27.2 Å². The lowest BCUT2D eigenvalue weighted by atomic mass is 10.3. The quantitative estimate of drug-likeness (QED) is 0.542. The molecule has 0 aliphatic rings. The van der Waals surface area contributed by atoms with Gasteiger partial charge in [0.05, 0.1) is 0 Å². The first-order chi connectivity index (χ1) is 6.77. The summed E-state index contributed by atoms with van der Waals surface area (Å²) >= 11 is 0. The number of nitrogen functional groups attached to an aromatic ring is 1. The molecule has 0 atom stereocenters. The van der Waals surface area contributed by atoms with E-state index in [0.29, 0.717) is 5.95 Å². The Hall–Kier alpha value is -1.36. The van der Waals surface area contributed by atoms with Gasteiger partial charge in [0.2, 0.25) is 5.95 Å². The van der Waals surface area contributed by atoms with Crippen LogP contribution in [0.5, 0.6) is 0 Å². The maximum Gasteiger partial charge on any atom is 0.239 e. The molecule has 0 aliphatic carbocycles. The first-order valence-electron chi connectivity index (χ1n) is 4.78. The lowest BCUT2D eigenvalue weighted by Crippen LogP contribution is -2.20. The predicted molar refractivity (Wildman–Crippen MR) is 58.0 cm³/mol. The van der Waals surface area contributed by atoms with Gasteiger partial charge in [-0.25, -0.2) is 10.8 Å². The Morgan fingerprint density at radius 3 is 3.00 bits per heavy atom. The summed E-state index contributed by atoms with van der Waals surface area (Å²) in [6, 6.07) is 1.87. The molecule has 5 nitrogen and oxygen atoms in total. The van der Waals surface area contributed by atoms with E-state index < -0.39 is 0 Å². The van der Waals surface area contributed by atoms with Crippen molar-refractivity contribution in [3.8, 4) is 0 Å². The number of unbranched alkanes of at least 4 members (excludes halogenated alkanes) is 1. The van der Waals surface area contributed by atoms with Gasteiger partial charge in [0, 0.05) is 19.8 Å². The molecule has 3 N–H and O–H groups in total. The maximum absolute atomic E-state index is 5.23. The Labute approximate surface area is 84.3 Å². The second-order valence-electron chi connectivity index (χ2n) is 3.16. The van der Waals surface area contributed by atoms with Gasteiger partial charge in [-0.3, -0.25) is 5.43 Å². The van der Waals surface area contributed by atoms with E-state index >= 15 is 0 Å². The maximum atomic E-state index is 5.23. The van der Waals surface area contributed by atoms with E-state index in [1.165, 1.54) is 6.42 Å². The number of hydrogen-bond acceptors (Lipinski definition) is 5. The Morgan fingerprint density at radius 2 is 2.36 bits per heavy atom. The van der Waals surface area contributed by atoms with E-state index in [-0.39, 0.29) is 0 Å². The Balaban J connectivity index is 2.64. The highest BCUT2D eigenvalue weighted by Crippen LogP contribution is 2.10. The van der Waals surface area contributed by atoms with Crippen LogP contribution in [0.2, 0.25) is 0 Å². The van der Waals surface area contributed by atoms with E-state index in [0.717, 1.165) is 18.8 Å². The SMILES string of the molecule is CCCCN(C)c1ccnc(NN)n1. The summed E-state index contributed by atoms with van der Waals surface area (Å²) in [5.41, 5.74) is 2.43. The number of nitrogens with zero attached hydrogens (tertiary/aromatic N) is 3. The van der Waals surface area contributed by atoms with Crippen molar-refractivity contribution >= 4 is 11.8 Å². The predicted octanol–water partition coefficient (Wildman–Crippen LogP) is 0.998. The van der Waals surface area contributed by atoms with Crippen LogP contribution in [-0.2, 0) is 0 Å². The summed E-state index contributed by atoms with van der Waals surface area (Å²) < 4.78 is 0. The Kier molecular flexibility index (Phi) is 4.12. The first-order valence-corrected chi connectivity index (χ1v) is 4.78. The zero-order chi connectivity index (χ0) is 10.4. The van der Waals surface area contributed by atoms with Crippen LogP contribution in [0.25, 0.3) is 0 Å². The van der Waals surface area contributed by atoms with Crippen LogP contribution in [-0.4, -0.2) is 23.6 Å². The van der Waals surface area contributed by atoms with Crippen LogP contribution in [0.1, 0.15) is 19.8 Å². The number of hydrazine groups is 1. The van der Waals surface area contributed by atoms with Crippen molar-refractivity contribution in [3.63, 3.8) is 0 Å². The zero-order valence-electron chi connectivity index (χ0n) is 8.70. The van der Waals surface area contributed by atoms with Crippen LogP contribution >= 0.6 is 0 Å². The standard InChI is InChI=1S/C9H17N5/c1-3-4-7-14(2)8-5-6-11-9(12-8)13-10/h5-6H,3-4,7,10H2,1-2H3,(H,11,12,13). The summed E-state index contributed by atoms with van der Waals surface area (Å²) in [7, 11) is 2.01. The average molecular weight is 195 g/mol. The largest absolute Gasteiger partial charge is 0.360 e. The van der Waals surface area contributed by atoms with Gasteiger partial charge in [0.15, 0.2) is 0 Å². The molecular weight excluding hydrogens is 178 g/mol. The second kappa shape index (κ2) is 5.39. The fourth-order valence-corrected chi connectivity index (χ4v) is 1.14. The average Bonchev–Trinajstić information content (AvgIpc) is 2.26. The summed E-state index contributed by atoms with van der Waals surface area (Å²) in [5.74, 6) is 6.57. The number of hydrogen-bond donors (Lipinski definition) is 2. The van der Waals surface area contributed by atoms with Gasteiger partial charge >= 0.3 is 0 Å². The summed E-state index contributed by atoms with van der Waals surface area (Å²) in [4.78, 5) is 10.3. The van der Waals surface area contributed by atoms with Crippen molar-refractivity contribution in [2.24, 2.45) is 5.84 Å². The number of nitrogens with two attached hydrogens (primary N) is 1. The monoisotopic (exact) mass is 195 g/mol. The second-order valence-corrected chi connectivity index (χ2v) is 3.16. The van der Waals surface area contributed by atoms with Gasteiger partial charge in [0.1, 0.15) is 5.82 Å². The van der Waals surface area contributed by atoms with Gasteiger partial charge in [-0.05, 0) is 12.5 Å². The molecule has 5 heteroatoms. The van der Waals surface area contributed by atoms with Gasteiger partial charge in [-0.2, -0.15) is 4.98 Å². The van der Waals surface area contributed by atoms with Crippen molar-refractivity contribution in [2.75, 3.05) is 23.9 Å². The highest BCUT2D eigenvalue weighted by atomic mass is 15.3. The van der Waals surface area contributed by atoms with Crippen molar-refractivity contribution in [3.05, 3.63) is 12.3 Å². The van der Waals surface area contributed by atoms with E-state index in [1.807, 2.05) is 13.1 Å². The number of rotatable bonds is 5. The third kappa shape index (κ3) is 2.85. The van der Waals surface area contributed by atoms with Gasteiger partial charge in [-0.1, -0.05) is 13.3 Å². The van der Waals surface area contributed by atoms with E-state index in [9.17, 15) is 0 Å². The molecule has 0 aromatic carbocycles.